The van der Waals surface area contributed by atoms with Gasteiger partial charge in [-0.25, -0.2) is 4.98 Å². The number of hydrogen-bond acceptors (Lipinski definition) is 5. The van der Waals surface area contributed by atoms with Crippen molar-refractivity contribution < 1.29 is 9.53 Å². The molecule has 3 heterocycles. The number of ether oxygens (including phenoxy) is 1. The van der Waals surface area contributed by atoms with Crippen molar-refractivity contribution in [2.75, 3.05) is 58.2 Å². The molecule has 0 spiro atoms. The summed E-state index contributed by atoms with van der Waals surface area (Å²) in [6, 6.07) is 12.2. The number of anilines is 1. The number of rotatable bonds is 5. The normalized spacial score (nSPS) is 19.3. The van der Waals surface area contributed by atoms with Gasteiger partial charge in [0.2, 0.25) is 0 Å². The van der Waals surface area contributed by atoms with Crippen molar-refractivity contribution in [3.05, 3.63) is 36.4 Å². The maximum absolute atomic E-state index is 12.5. The largest absolute Gasteiger partial charge is 0.368 e. The molecule has 1 amide bonds. The minimum Gasteiger partial charge on any atom is -0.368 e. The highest BCUT2D eigenvalue weighted by Crippen LogP contribution is 2.16. The summed E-state index contributed by atoms with van der Waals surface area (Å²) in [5.41, 5.74) is 0.988. The van der Waals surface area contributed by atoms with Crippen molar-refractivity contribution in [3.63, 3.8) is 0 Å². The topological polar surface area (TPSA) is 82.1 Å². The third-order valence-corrected chi connectivity index (χ3v) is 5.62. The Balaban J connectivity index is 0.00000272. The maximum Gasteiger partial charge on any atom is 0.251 e. The van der Waals surface area contributed by atoms with E-state index in [-0.39, 0.29) is 36.0 Å². The van der Waals surface area contributed by atoms with Crippen LogP contribution in [0.15, 0.2) is 41.4 Å². The Labute approximate surface area is 200 Å². The lowest BCUT2D eigenvalue weighted by atomic mass is 10.2. The number of amides is 1. The summed E-state index contributed by atoms with van der Waals surface area (Å²) in [6.07, 6.45) is 1.60. The number of aromatic nitrogens is 1. The van der Waals surface area contributed by atoms with E-state index in [0.29, 0.717) is 19.7 Å². The first-order chi connectivity index (χ1) is 14.7. The molecule has 2 fully saturated rings. The SMILES string of the molecule is CN=C(NCCNc1ccc2ccccc2n1)N1CCN(C(=O)C2CCCO2)CC1.I. The summed E-state index contributed by atoms with van der Waals surface area (Å²) in [4.78, 5) is 25.7. The van der Waals surface area contributed by atoms with Gasteiger partial charge in [-0.15, -0.1) is 24.0 Å². The molecule has 168 valence electrons. The number of nitrogens with zero attached hydrogens (tertiary/aromatic N) is 4. The molecule has 0 radical (unpaired) electrons. The Morgan fingerprint density at radius 3 is 2.65 bits per heavy atom. The van der Waals surface area contributed by atoms with E-state index in [4.69, 9.17) is 4.74 Å². The monoisotopic (exact) mass is 538 g/mol. The number of halogens is 1. The number of aliphatic imine (C=N–C) groups is 1. The van der Waals surface area contributed by atoms with Gasteiger partial charge in [0.1, 0.15) is 11.9 Å². The number of carbonyl (C=O) groups excluding carboxylic acids is 1. The fourth-order valence-electron chi connectivity index (χ4n) is 3.98. The molecule has 1 aromatic carbocycles. The van der Waals surface area contributed by atoms with Crippen molar-refractivity contribution in [2.24, 2.45) is 4.99 Å². The summed E-state index contributed by atoms with van der Waals surface area (Å²) in [5.74, 6) is 1.88. The molecule has 9 heteroatoms. The predicted octanol–water partition coefficient (Wildman–Crippen LogP) is 2.16. The first-order valence-electron chi connectivity index (χ1n) is 10.7. The zero-order chi connectivity index (χ0) is 20.8. The molecular weight excluding hydrogens is 507 g/mol. The fraction of sp³-hybridized carbons (Fsp3) is 0.500. The van der Waals surface area contributed by atoms with Crippen molar-refractivity contribution in [1.82, 2.24) is 20.1 Å². The first-order valence-corrected chi connectivity index (χ1v) is 10.7. The van der Waals surface area contributed by atoms with E-state index in [2.05, 4.69) is 37.6 Å². The van der Waals surface area contributed by atoms with Gasteiger partial charge in [-0.3, -0.25) is 9.79 Å². The zero-order valence-electron chi connectivity index (χ0n) is 17.9. The van der Waals surface area contributed by atoms with Crippen LogP contribution in [0.25, 0.3) is 10.9 Å². The van der Waals surface area contributed by atoms with E-state index >= 15 is 0 Å². The van der Waals surface area contributed by atoms with Gasteiger partial charge in [0.25, 0.3) is 5.91 Å². The van der Waals surface area contributed by atoms with E-state index in [1.807, 2.05) is 29.2 Å². The van der Waals surface area contributed by atoms with E-state index in [9.17, 15) is 4.79 Å². The summed E-state index contributed by atoms with van der Waals surface area (Å²) < 4.78 is 5.54. The Hall–Kier alpha value is -2.14. The average molecular weight is 538 g/mol. The molecule has 2 aliphatic heterocycles. The van der Waals surface area contributed by atoms with E-state index in [0.717, 1.165) is 61.7 Å². The van der Waals surface area contributed by atoms with Crippen molar-refractivity contribution in [2.45, 2.75) is 18.9 Å². The number of pyridine rings is 1. The highest BCUT2D eigenvalue weighted by Gasteiger charge is 2.30. The summed E-state index contributed by atoms with van der Waals surface area (Å²) in [7, 11) is 1.80. The van der Waals surface area contributed by atoms with Crippen molar-refractivity contribution in [1.29, 1.82) is 0 Å². The number of nitrogens with one attached hydrogen (secondary N) is 2. The Morgan fingerprint density at radius 1 is 1.13 bits per heavy atom. The van der Waals surface area contributed by atoms with Gasteiger partial charge in [-0.05, 0) is 31.0 Å². The second-order valence-electron chi connectivity index (χ2n) is 7.60. The minimum absolute atomic E-state index is 0. The maximum atomic E-state index is 12.5. The molecule has 1 atom stereocenters. The molecule has 1 unspecified atom stereocenters. The average Bonchev–Trinajstić information content (AvgIpc) is 3.34. The molecule has 31 heavy (non-hydrogen) atoms. The number of piperazine rings is 1. The lowest BCUT2D eigenvalue weighted by Crippen LogP contribution is -2.55. The smallest absolute Gasteiger partial charge is 0.251 e. The van der Waals surface area contributed by atoms with Gasteiger partial charge >= 0.3 is 0 Å². The molecular formula is C22H31IN6O2. The van der Waals surface area contributed by atoms with Crippen LogP contribution in [0.4, 0.5) is 5.82 Å². The predicted molar refractivity (Wildman–Crippen MR) is 134 cm³/mol. The lowest BCUT2D eigenvalue weighted by molar-refractivity contribution is -0.142. The second-order valence-corrected chi connectivity index (χ2v) is 7.60. The highest BCUT2D eigenvalue weighted by molar-refractivity contribution is 14.0. The van der Waals surface area contributed by atoms with Crippen LogP contribution < -0.4 is 10.6 Å². The molecule has 4 rings (SSSR count). The summed E-state index contributed by atoms with van der Waals surface area (Å²) in [6.45, 7) is 5.14. The Kier molecular flexibility index (Phi) is 8.70. The van der Waals surface area contributed by atoms with Gasteiger partial charge in [0.15, 0.2) is 5.96 Å². The van der Waals surface area contributed by atoms with Crippen LogP contribution in [0.3, 0.4) is 0 Å². The fourth-order valence-corrected chi connectivity index (χ4v) is 3.98. The van der Waals surface area contributed by atoms with Crippen LogP contribution in [-0.2, 0) is 9.53 Å². The Morgan fingerprint density at radius 2 is 1.90 bits per heavy atom. The summed E-state index contributed by atoms with van der Waals surface area (Å²) in [5, 5.41) is 7.90. The van der Waals surface area contributed by atoms with E-state index in [1.54, 1.807) is 7.05 Å². The van der Waals surface area contributed by atoms with E-state index < -0.39 is 0 Å². The number of hydrogen-bond donors (Lipinski definition) is 2. The van der Waals surface area contributed by atoms with Crippen molar-refractivity contribution in [3.8, 4) is 0 Å². The van der Waals surface area contributed by atoms with Crippen molar-refractivity contribution >= 4 is 52.6 Å². The molecule has 2 aromatic rings. The number of para-hydroxylation sites is 1. The van der Waals surface area contributed by atoms with Crippen LogP contribution in [0.2, 0.25) is 0 Å². The number of fused-ring (bicyclic) bond motifs is 1. The second kappa shape index (κ2) is 11.5. The van der Waals surface area contributed by atoms with Gasteiger partial charge in [-0.1, -0.05) is 18.2 Å². The number of guanidine groups is 1. The van der Waals surface area contributed by atoms with Crippen LogP contribution >= 0.6 is 24.0 Å². The Bertz CT molecular complexity index is 894. The highest BCUT2D eigenvalue weighted by atomic mass is 127. The molecule has 2 N–H and O–H groups in total. The van der Waals surface area contributed by atoms with Crippen LogP contribution in [0, 0.1) is 0 Å². The lowest BCUT2D eigenvalue weighted by Gasteiger charge is -2.37. The van der Waals surface area contributed by atoms with Crippen LogP contribution in [0.5, 0.6) is 0 Å². The molecule has 0 aliphatic carbocycles. The summed E-state index contributed by atoms with van der Waals surface area (Å²) >= 11 is 0. The zero-order valence-corrected chi connectivity index (χ0v) is 20.2. The van der Waals surface area contributed by atoms with Gasteiger partial charge < -0.3 is 25.2 Å². The number of benzene rings is 1. The first kappa shape index (κ1) is 23.5. The third kappa shape index (κ3) is 5.97. The van der Waals surface area contributed by atoms with Crippen LogP contribution in [-0.4, -0.2) is 85.7 Å². The standard InChI is InChI=1S/C22H30N6O2.HI/c1-23-22(28-14-12-27(13-15-28)21(29)19-7-4-16-30-19)25-11-10-24-20-9-8-17-5-2-3-6-18(17)26-20;/h2-3,5-6,8-9,19H,4,7,10-16H2,1H3,(H,23,25)(H,24,26);1H. The molecule has 8 nitrogen and oxygen atoms in total. The van der Waals surface area contributed by atoms with Crippen LogP contribution in [0.1, 0.15) is 12.8 Å². The molecule has 0 saturated carbocycles. The molecule has 2 saturated heterocycles. The van der Waals surface area contributed by atoms with Gasteiger partial charge in [0, 0.05) is 58.3 Å². The molecule has 2 aliphatic rings. The molecule has 0 bridgehead atoms. The quantitative estimate of drug-likeness (QED) is 0.263. The molecule has 1 aromatic heterocycles. The van der Waals surface area contributed by atoms with Gasteiger partial charge in [-0.2, -0.15) is 0 Å². The third-order valence-electron chi connectivity index (χ3n) is 5.62. The van der Waals surface area contributed by atoms with E-state index in [1.165, 1.54) is 0 Å². The number of carbonyl (C=O) groups is 1. The van der Waals surface area contributed by atoms with Gasteiger partial charge in [0.05, 0.1) is 5.52 Å². The minimum atomic E-state index is -0.233.